The van der Waals surface area contributed by atoms with Crippen LogP contribution < -0.4 is 0 Å². The van der Waals surface area contributed by atoms with E-state index in [0.717, 1.165) is 0 Å². The summed E-state index contributed by atoms with van der Waals surface area (Å²) in [6.45, 7) is 7.05. The number of hydrogen-bond donors (Lipinski definition) is 0. The molecule has 1 saturated heterocycles. The summed E-state index contributed by atoms with van der Waals surface area (Å²) in [5.41, 5.74) is 2.14. The maximum atomic E-state index is 6.75. The quantitative estimate of drug-likeness (QED) is 0.542. The lowest BCUT2D eigenvalue weighted by molar-refractivity contribution is 0.373. The second-order valence-corrected chi connectivity index (χ2v) is 13.0. The molecule has 0 amide bonds. The first kappa shape index (κ1) is 12.6. The first-order valence-corrected chi connectivity index (χ1v) is 11.2. The summed E-state index contributed by atoms with van der Waals surface area (Å²) in [6, 6.07) is 0. The van der Waals surface area contributed by atoms with Gasteiger partial charge < -0.3 is 4.90 Å². The Morgan fingerprint density at radius 2 is 1.83 bits per heavy atom. The molecule has 98 valence electrons. The Morgan fingerprint density at radius 1 is 1.17 bits per heavy atom. The smallest absolute Gasteiger partial charge is 0.157 e. The van der Waals surface area contributed by atoms with Crippen LogP contribution in [-0.2, 0) is 0 Å². The van der Waals surface area contributed by atoms with Gasteiger partial charge in [0.2, 0.25) is 0 Å². The minimum absolute atomic E-state index is 0.584. The van der Waals surface area contributed by atoms with Crippen LogP contribution >= 0.6 is 11.1 Å². The van der Waals surface area contributed by atoms with Crippen molar-refractivity contribution in [2.24, 2.45) is 11.8 Å². The van der Waals surface area contributed by atoms with Crippen LogP contribution in [0.2, 0.25) is 18.6 Å². The molecule has 0 N–H and O–H groups in total. The van der Waals surface area contributed by atoms with Crippen LogP contribution in [0.25, 0.3) is 0 Å². The van der Waals surface area contributed by atoms with E-state index in [2.05, 4.69) is 48.4 Å². The molecule has 18 heavy (non-hydrogen) atoms. The molecule has 3 rings (SSSR count). The maximum Gasteiger partial charge on any atom is 0.157 e. The van der Waals surface area contributed by atoms with Gasteiger partial charge in [0.1, 0.15) is 0 Å². The van der Waals surface area contributed by atoms with Crippen molar-refractivity contribution < 1.29 is 0 Å². The molecule has 0 aromatic rings. The molecule has 1 heterocycles. The standard InChI is InChI=1S/C15H22ClNSi/c1-18(2,16)15-11-14(17-9-5-6-10-17)12-7-3-4-8-13(12)15/h3-4,7-8,11-13,15H,5-6,9-10H2,1-2H3. The second kappa shape index (κ2) is 4.57. The fourth-order valence-corrected chi connectivity index (χ4v) is 6.04. The van der Waals surface area contributed by atoms with Crippen molar-refractivity contribution in [3.8, 4) is 0 Å². The van der Waals surface area contributed by atoms with Crippen molar-refractivity contribution >= 4 is 18.5 Å². The molecule has 0 radical (unpaired) electrons. The van der Waals surface area contributed by atoms with Crippen molar-refractivity contribution in [1.29, 1.82) is 0 Å². The van der Waals surface area contributed by atoms with E-state index in [1.54, 1.807) is 5.70 Å². The average Bonchev–Trinajstić information content (AvgIpc) is 2.94. The summed E-state index contributed by atoms with van der Waals surface area (Å²) >= 11 is 6.75. The highest BCUT2D eigenvalue weighted by Crippen LogP contribution is 2.50. The first-order valence-electron chi connectivity index (χ1n) is 7.08. The van der Waals surface area contributed by atoms with Crippen LogP contribution in [0.3, 0.4) is 0 Å². The Balaban J connectivity index is 1.92. The van der Waals surface area contributed by atoms with Gasteiger partial charge >= 0.3 is 0 Å². The van der Waals surface area contributed by atoms with Crippen molar-refractivity contribution in [2.75, 3.05) is 13.1 Å². The summed E-state index contributed by atoms with van der Waals surface area (Å²) < 4.78 is 0. The van der Waals surface area contributed by atoms with Crippen molar-refractivity contribution in [2.45, 2.75) is 31.5 Å². The van der Waals surface area contributed by atoms with Gasteiger partial charge in [-0.15, -0.1) is 0 Å². The molecule has 0 bridgehead atoms. The summed E-state index contributed by atoms with van der Waals surface area (Å²) in [5.74, 6) is 1.20. The largest absolute Gasteiger partial charge is 0.375 e. The zero-order valence-electron chi connectivity index (χ0n) is 11.3. The molecule has 3 heteroatoms. The van der Waals surface area contributed by atoms with Gasteiger partial charge in [-0.3, -0.25) is 0 Å². The van der Waals surface area contributed by atoms with Gasteiger partial charge in [-0.25, -0.2) is 0 Å². The van der Waals surface area contributed by atoms with E-state index in [1.165, 1.54) is 25.9 Å². The minimum atomic E-state index is -1.64. The van der Waals surface area contributed by atoms with Crippen molar-refractivity contribution in [3.63, 3.8) is 0 Å². The van der Waals surface area contributed by atoms with Gasteiger partial charge in [0.15, 0.2) is 7.38 Å². The lowest BCUT2D eigenvalue weighted by Gasteiger charge is -2.31. The van der Waals surface area contributed by atoms with Crippen LogP contribution in [-0.4, -0.2) is 25.4 Å². The van der Waals surface area contributed by atoms with Crippen LogP contribution in [0.15, 0.2) is 36.1 Å². The van der Waals surface area contributed by atoms with Crippen molar-refractivity contribution in [3.05, 3.63) is 36.1 Å². The van der Waals surface area contributed by atoms with Gasteiger partial charge in [-0.2, -0.15) is 11.1 Å². The number of allylic oxidation sites excluding steroid dienone is 5. The van der Waals surface area contributed by atoms with Crippen molar-refractivity contribution in [1.82, 2.24) is 4.90 Å². The number of rotatable bonds is 2. The molecule has 3 unspecified atom stereocenters. The Hall–Kier alpha value is -0.473. The van der Waals surface area contributed by atoms with Gasteiger partial charge in [0.25, 0.3) is 0 Å². The highest BCUT2D eigenvalue weighted by atomic mass is 35.6. The molecule has 1 fully saturated rings. The van der Waals surface area contributed by atoms with E-state index in [0.29, 0.717) is 17.4 Å². The van der Waals surface area contributed by atoms with E-state index >= 15 is 0 Å². The molecule has 0 saturated carbocycles. The minimum Gasteiger partial charge on any atom is -0.375 e. The Kier molecular flexibility index (Phi) is 3.19. The van der Waals surface area contributed by atoms with Crippen LogP contribution in [0, 0.1) is 11.8 Å². The predicted molar refractivity (Wildman–Crippen MR) is 81.2 cm³/mol. The zero-order valence-corrected chi connectivity index (χ0v) is 13.0. The van der Waals surface area contributed by atoms with E-state index < -0.39 is 7.38 Å². The van der Waals surface area contributed by atoms with E-state index in [4.69, 9.17) is 11.1 Å². The Labute approximate surface area is 116 Å². The summed E-state index contributed by atoms with van der Waals surface area (Å²) in [4.78, 5) is 2.60. The normalized spacial score (nSPS) is 34.9. The van der Waals surface area contributed by atoms with E-state index in [-0.39, 0.29) is 0 Å². The van der Waals surface area contributed by atoms with Gasteiger partial charge in [-0.05, 0) is 24.3 Å². The number of halogens is 1. The van der Waals surface area contributed by atoms with E-state index in [9.17, 15) is 0 Å². The molecular formula is C15H22ClNSi. The molecule has 3 aliphatic rings. The average molecular weight is 280 g/mol. The number of hydrogen-bond acceptors (Lipinski definition) is 1. The van der Waals surface area contributed by atoms with Crippen LogP contribution in [0.4, 0.5) is 0 Å². The monoisotopic (exact) mass is 279 g/mol. The number of fused-ring (bicyclic) bond motifs is 1. The summed E-state index contributed by atoms with van der Waals surface area (Å²) in [5, 5.41) is 0. The topological polar surface area (TPSA) is 3.24 Å². The predicted octanol–water partition coefficient (Wildman–Crippen LogP) is 4.15. The van der Waals surface area contributed by atoms with Crippen LogP contribution in [0.1, 0.15) is 12.8 Å². The third-order valence-corrected chi connectivity index (χ3v) is 7.44. The molecule has 0 spiro atoms. The number of likely N-dealkylation sites (tertiary alicyclic amines) is 1. The van der Waals surface area contributed by atoms with Gasteiger partial charge in [0.05, 0.1) is 0 Å². The molecule has 0 aromatic heterocycles. The highest BCUT2D eigenvalue weighted by molar-refractivity contribution is 7.20. The fraction of sp³-hybridized carbons (Fsp3) is 0.600. The third kappa shape index (κ3) is 2.10. The zero-order chi connectivity index (χ0) is 12.8. The lowest BCUT2D eigenvalue weighted by Crippen LogP contribution is -2.30. The SMILES string of the molecule is C[Si](C)(Cl)C1C=C(N2CCCC2)C2C=CC=CC21. The first-order chi connectivity index (χ1) is 8.57. The van der Waals surface area contributed by atoms with Gasteiger partial charge in [-0.1, -0.05) is 43.5 Å². The molecule has 3 atom stereocenters. The fourth-order valence-electron chi connectivity index (χ4n) is 3.62. The summed E-state index contributed by atoms with van der Waals surface area (Å²) in [7, 11) is -1.64. The molecule has 1 nitrogen and oxygen atoms in total. The van der Waals surface area contributed by atoms with Gasteiger partial charge in [0, 0.05) is 24.7 Å². The van der Waals surface area contributed by atoms with Crippen LogP contribution in [0.5, 0.6) is 0 Å². The number of nitrogens with zero attached hydrogens (tertiary/aromatic N) is 1. The highest BCUT2D eigenvalue weighted by Gasteiger charge is 2.44. The maximum absolute atomic E-state index is 6.75. The molecular weight excluding hydrogens is 258 g/mol. The molecule has 1 aliphatic heterocycles. The van der Waals surface area contributed by atoms with E-state index in [1.807, 2.05) is 0 Å². The Bertz CT molecular complexity index is 413. The molecule has 2 aliphatic carbocycles. The lowest BCUT2D eigenvalue weighted by atomic mass is 9.89. The second-order valence-electron chi connectivity index (χ2n) is 6.25. The third-order valence-electron chi connectivity index (χ3n) is 4.55. The summed E-state index contributed by atoms with van der Waals surface area (Å²) in [6.07, 6.45) is 14.4. The molecule has 0 aromatic carbocycles. The Morgan fingerprint density at radius 3 is 2.50 bits per heavy atom.